The fourth-order valence-corrected chi connectivity index (χ4v) is 2.43. The lowest BCUT2D eigenvalue weighted by atomic mass is 10.2. The molecule has 2 rings (SSSR count). The van der Waals surface area contributed by atoms with Gasteiger partial charge in [-0.1, -0.05) is 0 Å². The molecule has 1 aromatic rings. The summed E-state index contributed by atoms with van der Waals surface area (Å²) < 4.78 is 7.28. The molecule has 1 heterocycles. The Morgan fingerprint density at radius 2 is 1.95 bits per heavy atom. The lowest BCUT2D eigenvalue weighted by Crippen LogP contribution is -2.43. The molecule has 120 valence electrons. The van der Waals surface area contributed by atoms with E-state index in [0.29, 0.717) is 11.6 Å². The van der Waals surface area contributed by atoms with Crippen molar-refractivity contribution in [3.8, 4) is 0 Å². The highest BCUT2D eigenvalue weighted by Gasteiger charge is 2.29. The summed E-state index contributed by atoms with van der Waals surface area (Å²) >= 11 is 0. The third-order valence-corrected chi connectivity index (χ3v) is 3.73. The maximum Gasteiger partial charge on any atom is 0.340 e. The highest BCUT2D eigenvalue weighted by molar-refractivity contribution is 5.98. The number of nitrogens with zero attached hydrogens (tertiary/aromatic N) is 1. The number of aryl methyl sites for hydroxylation is 1. The van der Waals surface area contributed by atoms with Gasteiger partial charge in [0.05, 0.1) is 5.56 Å². The number of imide groups is 1. The van der Waals surface area contributed by atoms with Crippen LogP contribution in [0.5, 0.6) is 0 Å². The molecule has 0 bridgehead atoms. The highest BCUT2D eigenvalue weighted by Crippen LogP contribution is 2.38. The minimum Gasteiger partial charge on any atom is -0.449 e. The van der Waals surface area contributed by atoms with Crippen LogP contribution in [-0.4, -0.2) is 35.6 Å². The van der Waals surface area contributed by atoms with Crippen LogP contribution in [0.3, 0.4) is 0 Å². The Hall–Kier alpha value is -2.31. The van der Waals surface area contributed by atoms with Crippen molar-refractivity contribution < 1.29 is 19.1 Å². The number of hydrogen-bond donors (Lipinski definition) is 2. The zero-order valence-electron chi connectivity index (χ0n) is 13.2. The number of aromatic nitrogens is 1. The minimum atomic E-state index is -1.05. The van der Waals surface area contributed by atoms with Crippen molar-refractivity contribution >= 4 is 17.9 Å². The number of carbonyl (C=O) groups is 3. The zero-order valence-corrected chi connectivity index (χ0v) is 13.2. The van der Waals surface area contributed by atoms with Crippen molar-refractivity contribution in [1.82, 2.24) is 15.2 Å². The van der Waals surface area contributed by atoms with Crippen LogP contribution < -0.4 is 10.6 Å². The van der Waals surface area contributed by atoms with E-state index in [-0.39, 0.29) is 0 Å². The normalized spacial score (nSPS) is 15.1. The van der Waals surface area contributed by atoms with Gasteiger partial charge in [0.2, 0.25) is 0 Å². The first kappa shape index (κ1) is 16.1. The Bertz CT molecular complexity index is 617. The molecular weight excluding hydrogens is 286 g/mol. The molecule has 7 heteroatoms. The maximum absolute atomic E-state index is 12.2. The Labute approximate surface area is 129 Å². The van der Waals surface area contributed by atoms with E-state index in [1.165, 1.54) is 14.0 Å². The van der Waals surface area contributed by atoms with Crippen molar-refractivity contribution in [2.45, 2.75) is 45.8 Å². The molecular formula is C15H21N3O4. The zero-order chi connectivity index (χ0) is 16.4. The SMILES string of the molecule is CNC(=O)NC(=O)C(C)OC(=O)c1cc(C)n(C2CC2)c1C. The standard InChI is InChI=1S/C15H21N3O4/c1-8-7-12(9(2)18(8)11-5-6-11)14(20)22-10(3)13(19)17-15(21)16-4/h7,10-11H,5-6H2,1-4H3,(H2,16,17,19,21). The van der Waals surface area contributed by atoms with Crippen molar-refractivity contribution in [2.75, 3.05) is 7.05 Å². The number of esters is 1. The van der Waals surface area contributed by atoms with Gasteiger partial charge in [0.1, 0.15) is 0 Å². The molecule has 0 aromatic carbocycles. The second-order valence-corrected chi connectivity index (χ2v) is 5.50. The first-order valence-corrected chi connectivity index (χ1v) is 7.27. The number of amides is 3. The first-order valence-electron chi connectivity index (χ1n) is 7.27. The molecule has 1 saturated carbocycles. The van der Waals surface area contributed by atoms with E-state index >= 15 is 0 Å². The topological polar surface area (TPSA) is 89.4 Å². The van der Waals surface area contributed by atoms with Crippen LogP contribution in [0.4, 0.5) is 4.79 Å². The van der Waals surface area contributed by atoms with Gasteiger partial charge in [-0.05, 0) is 39.7 Å². The van der Waals surface area contributed by atoms with Crippen LogP contribution in [-0.2, 0) is 9.53 Å². The van der Waals surface area contributed by atoms with Crippen molar-refractivity contribution in [3.63, 3.8) is 0 Å². The summed E-state index contributed by atoms with van der Waals surface area (Å²) in [6, 6.07) is 1.61. The van der Waals surface area contributed by atoms with Crippen LogP contribution in [0.2, 0.25) is 0 Å². The largest absolute Gasteiger partial charge is 0.449 e. The fourth-order valence-electron chi connectivity index (χ4n) is 2.43. The fraction of sp³-hybridized carbons (Fsp3) is 0.533. The van der Waals surface area contributed by atoms with Crippen LogP contribution in [0, 0.1) is 13.8 Å². The number of hydrogen-bond acceptors (Lipinski definition) is 4. The second-order valence-electron chi connectivity index (χ2n) is 5.50. The van der Waals surface area contributed by atoms with Gasteiger partial charge < -0.3 is 14.6 Å². The molecule has 22 heavy (non-hydrogen) atoms. The molecule has 3 amide bonds. The Morgan fingerprint density at radius 1 is 1.32 bits per heavy atom. The van der Waals surface area contributed by atoms with Gasteiger partial charge in [0.15, 0.2) is 6.10 Å². The summed E-state index contributed by atoms with van der Waals surface area (Å²) in [5.41, 5.74) is 2.32. The smallest absolute Gasteiger partial charge is 0.340 e. The molecule has 1 aromatic heterocycles. The third-order valence-electron chi connectivity index (χ3n) is 3.73. The predicted octanol–water partition coefficient (Wildman–Crippen LogP) is 1.44. The second kappa shape index (κ2) is 6.21. The molecule has 1 fully saturated rings. The van der Waals surface area contributed by atoms with Gasteiger partial charge in [0.25, 0.3) is 5.91 Å². The molecule has 1 unspecified atom stereocenters. The average molecular weight is 307 g/mol. The lowest BCUT2D eigenvalue weighted by Gasteiger charge is -2.13. The summed E-state index contributed by atoms with van der Waals surface area (Å²) in [5, 5.41) is 4.33. The van der Waals surface area contributed by atoms with Crippen molar-refractivity contribution in [1.29, 1.82) is 0 Å². The number of rotatable bonds is 4. The van der Waals surface area contributed by atoms with Gasteiger partial charge >= 0.3 is 12.0 Å². The van der Waals surface area contributed by atoms with E-state index in [0.717, 1.165) is 24.2 Å². The average Bonchev–Trinajstić information content (AvgIpc) is 3.24. The van der Waals surface area contributed by atoms with Crippen LogP contribution in [0.25, 0.3) is 0 Å². The van der Waals surface area contributed by atoms with Gasteiger partial charge in [-0.2, -0.15) is 0 Å². The summed E-state index contributed by atoms with van der Waals surface area (Å²) in [6.45, 7) is 5.25. The summed E-state index contributed by atoms with van der Waals surface area (Å²) in [4.78, 5) is 35.0. The Morgan fingerprint density at radius 3 is 2.50 bits per heavy atom. The van der Waals surface area contributed by atoms with Crippen molar-refractivity contribution in [2.24, 2.45) is 0 Å². The monoisotopic (exact) mass is 307 g/mol. The number of nitrogens with one attached hydrogen (secondary N) is 2. The van der Waals surface area contributed by atoms with Crippen LogP contribution in [0.1, 0.15) is 47.6 Å². The summed E-state index contributed by atoms with van der Waals surface area (Å²) in [7, 11) is 1.39. The molecule has 1 aliphatic carbocycles. The molecule has 0 radical (unpaired) electrons. The minimum absolute atomic E-state index is 0.462. The maximum atomic E-state index is 12.2. The van der Waals surface area contributed by atoms with E-state index in [1.54, 1.807) is 6.07 Å². The number of urea groups is 1. The van der Waals surface area contributed by atoms with E-state index in [9.17, 15) is 14.4 Å². The number of ether oxygens (including phenoxy) is 1. The molecule has 2 N–H and O–H groups in total. The Kier molecular flexibility index (Phi) is 4.54. The van der Waals surface area contributed by atoms with E-state index in [4.69, 9.17) is 4.74 Å². The van der Waals surface area contributed by atoms with Gasteiger partial charge in [-0.25, -0.2) is 9.59 Å². The van der Waals surface area contributed by atoms with E-state index in [1.807, 2.05) is 13.8 Å². The van der Waals surface area contributed by atoms with Crippen LogP contribution in [0.15, 0.2) is 6.07 Å². The molecule has 1 atom stereocenters. The predicted molar refractivity (Wildman–Crippen MR) is 79.7 cm³/mol. The molecule has 0 spiro atoms. The van der Waals surface area contributed by atoms with Crippen molar-refractivity contribution in [3.05, 3.63) is 23.0 Å². The summed E-state index contributed by atoms with van der Waals surface area (Å²) in [5.74, 6) is -1.22. The molecule has 0 saturated heterocycles. The quantitative estimate of drug-likeness (QED) is 0.824. The number of carbonyl (C=O) groups excluding carboxylic acids is 3. The van der Waals surface area contributed by atoms with E-state index in [2.05, 4.69) is 15.2 Å². The molecule has 7 nitrogen and oxygen atoms in total. The highest BCUT2D eigenvalue weighted by atomic mass is 16.5. The van der Waals surface area contributed by atoms with E-state index < -0.39 is 24.0 Å². The van der Waals surface area contributed by atoms with Gasteiger partial charge in [-0.3, -0.25) is 10.1 Å². The molecule has 0 aliphatic heterocycles. The van der Waals surface area contributed by atoms with Gasteiger partial charge in [-0.15, -0.1) is 0 Å². The Balaban J connectivity index is 2.04. The molecule has 1 aliphatic rings. The first-order chi connectivity index (χ1) is 10.3. The summed E-state index contributed by atoms with van der Waals surface area (Å²) in [6.07, 6.45) is 1.19. The third kappa shape index (κ3) is 3.29. The lowest BCUT2D eigenvalue weighted by molar-refractivity contribution is -0.127. The van der Waals surface area contributed by atoms with Gasteiger partial charge in [0, 0.05) is 24.5 Å². The van der Waals surface area contributed by atoms with Crippen LogP contribution >= 0.6 is 0 Å².